The Hall–Kier alpha value is -2.35. The Labute approximate surface area is 170 Å². The summed E-state index contributed by atoms with van der Waals surface area (Å²) in [5, 5.41) is 12.0. The van der Waals surface area contributed by atoms with Crippen molar-refractivity contribution in [1.29, 1.82) is 0 Å². The molecule has 1 heterocycles. The van der Waals surface area contributed by atoms with Crippen LogP contribution in [0.3, 0.4) is 0 Å². The Morgan fingerprint density at radius 1 is 1.25 bits per heavy atom. The minimum Gasteiger partial charge on any atom is -0.467 e. The van der Waals surface area contributed by atoms with Gasteiger partial charge in [-0.05, 0) is 31.7 Å². The number of nitrogens with zero attached hydrogens (tertiary/aromatic N) is 3. The Bertz CT molecular complexity index is 820. The molecule has 0 aliphatic heterocycles. The molecular weight excluding hydrogens is 376 g/mol. The number of amides is 1. The van der Waals surface area contributed by atoms with Gasteiger partial charge in [-0.3, -0.25) is 4.79 Å². The van der Waals surface area contributed by atoms with Crippen LogP contribution in [0.15, 0.2) is 29.4 Å². The number of methoxy groups -OCH3 is 1. The number of benzene rings is 1. The lowest BCUT2D eigenvalue weighted by molar-refractivity contribution is -0.145. The second-order valence-corrected chi connectivity index (χ2v) is 7.87. The van der Waals surface area contributed by atoms with E-state index in [-0.39, 0.29) is 17.6 Å². The number of aryl methyl sites for hydroxylation is 1. The first-order valence-electron chi connectivity index (χ1n) is 9.36. The van der Waals surface area contributed by atoms with E-state index in [2.05, 4.69) is 15.5 Å². The van der Waals surface area contributed by atoms with Crippen molar-refractivity contribution in [2.45, 2.75) is 51.9 Å². The third-order valence-electron chi connectivity index (χ3n) is 4.28. The third-order valence-corrected chi connectivity index (χ3v) is 5.25. The summed E-state index contributed by atoms with van der Waals surface area (Å²) in [4.78, 5) is 24.2. The van der Waals surface area contributed by atoms with Crippen LogP contribution in [0.4, 0.5) is 0 Å². The molecule has 0 aliphatic carbocycles. The number of hydrogen-bond donors (Lipinski definition) is 1. The molecule has 1 aromatic carbocycles. The summed E-state index contributed by atoms with van der Waals surface area (Å²) < 4.78 is 6.78. The SMILES string of the molecule is CCn1c(SCC(=O)N[C@@H](CC(C)C)C(=O)OC)nnc1-c1ccccc1C. The first-order chi connectivity index (χ1) is 13.4. The highest BCUT2D eigenvalue weighted by atomic mass is 32.2. The van der Waals surface area contributed by atoms with Crippen molar-refractivity contribution >= 4 is 23.6 Å². The van der Waals surface area contributed by atoms with Crippen molar-refractivity contribution in [1.82, 2.24) is 20.1 Å². The fraction of sp³-hybridized carbons (Fsp3) is 0.500. The molecule has 0 bridgehead atoms. The van der Waals surface area contributed by atoms with Crippen LogP contribution in [0, 0.1) is 12.8 Å². The average Bonchev–Trinajstić information content (AvgIpc) is 3.07. The summed E-state index contributed by atoms with van der Waals surface area (Å²) in [6.07, 6.45) is 0.533. The third kappa shape index (κ3) is 5.58. The first kappa shape index (κ1) is 21.9. The van der Waals surface area contributed by atoms with E-state index in [4.69, 9.17) is 4.74 Å². The highest BCUT2D eigenvalue weighted by Gasteiger charge is 2.23. The number of rotatable bonds is 9. The minimum atomic E-state index is -0.635. The number of carbonyl (C=O) groups excluding carboxylic acids is 2. The van der Waals surface area contributed by atoms with Crippen molar-refractivity contribution in [2.75, 3.05) is 12.9 Å². The number of hydrogen-bond acceptors (Lipinski definition) is 6. The molecule has 1 amide bonds. The van der Waals surface area contributed by atoms with Gasteiger partial charge in [-0.2, -0.15) is 0 Å². The van der Waals surface area contributed by atoms with Crippen molar-refractivity contribution < 1.29 is 14.3 Å². The van der Waals surface area contributed by atoms with Gasteiger partial charge < -0.3 is 14.6 Å². The Morgan fingerprint density at radius 2 is 1.96 bits per heavy atom. The molecule has 0 saturated heterocycles. The zero-order chi connectivity index (χ0) is 20.7. The average molecular weight is 405 g/mol. The van der Waals surface area contributed by atoms with Crippen LogP contribution in [0.5, 0.6) is 0 Å². The van der Waals surface area contributed by atoms with E-state index in [0.29, 0.717) is 18.1 Å². The molecule has 1 atom stereocenters. The van der Waals surface area contributed by atoms with Crippen molar-refractivity contribution in [3.05, 3.63) is 29.8 Å². The van der Waals surface area contributed by atoms with E-state index in [1.807, 2.05) is 56.5 Å². The number of ether oxygens (including phenoxy) is 1. The zero-order valence-electron chi connectivity index (χ0n) is 17.1. The van der Waals surface area contributed by atoms with Crippen LogP contribution in [0.25, 0.3) is 11.4 Å². The van der Waals surface area contributed by atoms with Gasteiger partial charge in [0.05, 0.1) is 12.9 Å². The van der Waals surface area contributed by atoms with E-state index in [1.54, 1.807) is 0 Å². The lowest BCUT2D eigenvalue weighted by atomic mass is 10.0. The molecule has 8 heteroatoms. The number of carbonyl (C=O) groups is 2. The predicted molar refractivity (Wildman–Crippen MR) is 110 cm³/mol. The van der Waals surface area contributed by atoms with Gasteiger partial charge in [0.25, 0.3) is 0 Å². The second kappa shape index (κ2) is 10.3. The monoisotopic (exact) mass is 404 g/mol. The van der Waals surface area contributed by atoms with Crippen LogP contribution in [0.2, 0.25) is 0 Å². The summed E-state index contributed by atoms with van der Waals surface area (Å²) in [6, 6.07) is 7.37. The van der Waals surface area contributed by atoms with E-state index < -0.39 is 12.0 Å². The summed E-state index contributed by atoms with van der Waals surface area (Å²) in [5.74, 6) is 0.541. The van der Waals surface area contributed by atoms with Crippen molar-refractivity contribution in [3.63, 3.8) is 0 Å². The molecule has 0 unspecified atom stereocenters. The normalized spacial score (nSPS) is 12.1. The molecule has 1 N–H and O–H groups in total. The summed E-state index contributed by atoms with van der Waals surface area (Å²) in [5.41, 5.74) is 2.14. The van der Waals surface area contributed by atoms with Crippen LogP contribution >= 0.6 is 11.8 Å². The molecule has 0 fully saturated rings. The van der Waals surface area contributed by atoms with Crippen LogP contribution in [0.1, 0.15) is 32.8 Å². The standard InChI is InChI=1S/C20H28N4O3S/c1-6-24-18(15-10-8-7-9-14(15)4)22-23-20(24)28-12-17(25)21-16(11-13(2)3)19(26)27-5/h7-10,13,16H,6,11-12H2,1-5H3,(H,21,25)/t16-/m0/s1. The Kier molecular flexibility index (Phi) is 8.04. The van der Waals surface area contributed by atoms with Crippen LogP contribution in [-0.4, -0.2) is 45.5 Å². The van der Waals surface area contributed by atoms with Gasteiger partial charge in [0.1, 0.15) is 6.04 Å². The predicted octanol–water partition coefficient (Wildman–Crippen LogP) is 3.07. The Balaban J connectivity index is 2.07. The van der Waals surface area contributed by atoms with Crippen LogP contribution < -0.4 is 5.32 Å². The van der Waals surface area contributed by atoms with E-state index in [0.717, 1.165) is 17.0 Å². The smallest absolute Gasteiger partial charge is 0.328 e. The maximum absolute atomic E-state index is 12.4. The number of aromatic nitrogens is 3. The minimum absolute atomic E-state index is 0.150. The number of nitrogens with one attached hydrogen (secondary N) is 1. The Morgan fingerprint density at radius 3 is 2.57 bits per heavy atom. The van der Waals surface area contributed by atoms with Crippen molar-refractivity contribution in [3.8, 4) is 11.4 Å². The molecular formula is C20H28N4O3S. The van der Waals surface area contributed by atoms with Gasteiger partial charge in [0.15, 0.2) is 11.0 Å². The molecule has 0 saturated carbocycles. The van der Waals surface area contributed by atoms with Gasteiger partial charge in [-0.25, -0.2) is 4.79 Å². The van der Waals surface area contributed by atoms with Crippen LogP contribution in [-0.2, 0) is 20.9 Å². The van der Waals surface area contributed by atoms with E-state index in [9.17, 15) is 9.59 Å². The largest absolute Gasteiger partial charge is 0.467 e. The van der Waals surface area contributed by atoms with Gasteiger partial charge in [-0.15, -0.1) is 10.2 Å². The summed E-state index contributed by atoms with van der Waals surface area (Å²) in [6.45, 7) is 8.73. The number of esters is 1. The maximum atomic E-state index is 12.4. The summed E-state index contributed by atoms with van der Waals surface area (Å²) in [7, 11) is 1.33. The number of thioether (sulfide) groups is 1. The van der Waals surface area contributed by atoms with Gasteiger partial charge in [-0.1, -0.05) is 49.9 Å². The topological polar surface area (TPSA) is 86.1 Å². The second-order valence-electron chi connectivity index (χ2n) is 6.93. The van der Waals surface area contributed by atoms with Gasteiger partial charge >= 0.3 is 5.97 Å². The highest BCUT2D eigenvalue weighted by Crippen LogP contribution is 2.26. The molecule has 2 rings (SSSR count). The molecule has 152 valence electrons. The van der Waals surface area contributed by atoms with E-state index >= 15 is 0 Å². The molecule has 7 nitrogen and oxygen atoms in total. The van der Waals surface area contributed by atoms with Crippen molar-refractivity contribution in [2.24, 2.45) is 5.92 Å². The molecule has 2 aromatic rings. The molecule has 0 spiro atoms. The lowest BCUT2D eigenvalue weighted by Gasteiger charge is -2.18. The molecule has 28 heavy (non-hydrogen) atoms. The van der Waals surface area contributed by atoms with Gasteiger partial charge in [0.2, 0.25) is 5.91 Å². The summed E-state index contributed by atoms with van der Waals surface area (Å²) >= 11 is 1.31. The lowest BCUT2D eigenvalue weighted by Crippen LogP contribution is -2.43. The zero-order valence-corrected chi connectivity index (χ0v) is 17.9. The quantitative estimate of drug-likeness (QED) is 0.511. The van der Waals surface area contributed by atoms with Gasteiger partial charge in [0, 0.05) is 12.1 Å². The first-order valence-corrected chi connectivity index (χ1v) is 10.3. The molecule has 0 aliphatic rings. The highest BCUT2D eigenvalue weighted by molar-refractivity contribution is 7.99. The molecule has 1 aromatic heterocycles. The molecule has 0 radical (unpaired) electrons. The fourth-order valence-electron chi connectivity index (χ4n) is 2.90. The van der Waals surface area contributed by atoms with E-state index in [1.165, 1.54) is 18.9 Å². The fourth-order valence-corrected chi connectivity index (χ4v) is 3.71. The maximum Gasteiger partial charge on any atom is 0.328 e.